The first-order valence-corrected chi connectivity index (χ1v) is 8.70. The van der Waals surface area contributed by atoms with Crippen molar-refractivity contribution in [3.63, 3.8) is 0 Å². The maximum absolute atomic E-state index is 12.8. The van der Waals surface area contributed by atoms with Gasteiger partial charge in [-0.15, -0.1) is 0 Å². The average molecular weight is 391 g/mol. The van der Waals surface area contributed by atoms with Crippen LogP contribution in [0.5, 0.6) is 0 Å². The van der Waals surface area contributed by atoms with Gasteiger partial charge in [-0.1, -0.05) is 53.7 Å². The lowest BCUT2D eigenvalue weighted by Gasteiger charge is -2.19. The van der Waals surface area contributed by atoms with Crippen molar-refractivity contribution >= 4 is 0 Å². The van der Waals surface area contributed by atoms with Crippen molar-refractivity contribution in [1.82, 2.24) is 15.0 Å². The molecule has 0 aliphatic carbocycles. The fourth-order valence-electron chi connectivity index (χ4n) is 2.84. The molecule has 0 saturated carbocycles. The van der Waals surface area contributed by atoms with Crippen molar-refractivity contribution in [1.29, 1.82) is 0 Å². The minimum Gasteiger partial charge on any atom is -0.387 e. The summed E-state index contributed by atoms with van der Waals surface area (Å²) >= 11 is 0. The van der Waals surface area contributed by atoms with Gasteiger partial charge < -0.3 is 9.63 Å². The van der Waals surface area contributed by atoms with Crippen LogP contribution in [-0.4, -0.2) is 33.7 Å². The van der Waals surface area contributed by atoms with Crippen molar-refractivity contribution in [3.05, 3.63) is 83.0 Å². The molecule has 1 N–H and O–H groups in total. The topological polar surface area (TPSA) is 62.4 Å². The van der Waals surface area contributed by atoms with Crippen LogP contribution in [0.25, 0.3) is 0 Å². The molecular formula is C20H20F3N3O2. The predicted octanol–water partition coefficient (Wildman–Crippen LogP) is 3.84. The first-order valence-electron chi connectivity index (χ1n) is 8.70. The van der Waals surface area contributed by atoms with Gasteiger partial charge in [0.2, 0.25) is 5.89 Å². The van der Waals surface area contributed by atoms with Crippen LogP contribution in [-0.2, 0) is 19.1 Å². The fraction of sp³-hybridized carbons (Fsp3) is 0.300. The van der Waals surface area contributed by atoms with Crippen LogP contribution in [0.4, 0.5) is 13.2 Å². The Balaban J connectivity index is 1.58. The van der Waals surface area contributed by atoms with E-state index in [1.807, 2.05) is 42.3 Å². The van der Waals surface area contributed by atoms with Crippen molar-refractivity contribution in [2.45, 2.75) is 25.2 Å². The van der Waals surface area contributed by atoms with E-state index in [0.29, 0.717) is 30.4 Å². The van der Waals surface area contributed by atoms with Gasteiger partial charge in [-0.05, 0) is 24.2 Å². The number of nitrogens with zero attached hydrogens (tertiary/aromatic N) is 3. The van der Waals surface area contributed by atoms with Gasteiger partial charge in [-0.2, -0.15) is 18.2 Å². The molecule has 2 aromatic carbocycles. The Labute approximate surface area is 160 Å². The first-order chi connectivity index (χ1) is 13.3. The monoisotopic (exact) mass is 391 g/mol. The molecule has 0 aliphatic rings. The maximum atomic E-state index is 12.8. The predicted molar refractivity (Wildman–Crippen MR) is 96.3 cm³/mol. The summed E-state index contributed by atoms with van der Waals surface area (Å²) in [5.41, 5.74) is 0.559. The molecule has 0 saturated heterocycles. The van der Waals surface area contributed by atoms with E-state index in [2.05, 4.69) is 10.1 Å². The Kier molecular flexibility index (Phi) is 6.11. The molecule has 0 aliphatic heterocycles. The zero-order chi connectivity index (χ0) is 20.1. The van der Waals surface area contributed by atoms with E-state index >= 15 is 0 Å². The minimum atomic E-state index is -4.39. The van der Waals surface area contributed by atoms with Crippen LogP contribution < -0.4 is 0 Å². The molecule has 0 unspecified atom stereocenters. The van der Waals surface area contributed by atoms with Crippen LogP contribution in [0, 0.1) is 0 Å². The number of aromatic nitrogens is 2. The summed E-state index contributed by atoms with van der Waals surface area (Å²) in [6, 6.07) is 14.3. The number of hydrogen-bond donors (Lipinski definition) is 1. The molecule has 1 atom stereocenters. The van der Waals surface area contributed by atoms with Crippen LogP contribution >= 0.6 is 0 Å². The third-order valence-corrected chi connectivity index (χ3v) is 4.20. The van der Waals surface area contributed by atoms with Crippen molar-refractivity contribution in [2.24, 2.45) is 0 Å². The van der Waals surface area contributed by atoms with Gasteiger partial charge in [0.25, 0.3) is 0 Å². The zero-order valence-corrected chi connectivity index (χ0v) is 15.2. The number of hydrogen-bond acceptors (Lipinski definition) is 5. The summed E-state index contributed by atoms with van der Waals surface area (Å²) in [5.74, 6) is 0.649. The second kappa shape index (κ2) is 8.53. The molecular weight excluding hydrogens is 371 g/mol. The average Bonchev–Trinajstić information content (AvgIpc) is 3.08. The molecule has 0 bridgehead atoms. The molecule has 3 rings (SSSR count). The summed E-state index contributed by atoms with van der Waals surface area (Å²) < 4.78 is 43.6. The summed E-state index contributed by atoms with van der Waals surface area (Å²) in [7, 11) is 1.81. The molecule has 0 radical (unpaired) electrons. The second-order valence-corrected chi connectivity index (χ2v) is 6.60. The Morgan fingerprint density at radius 3 is 2.57 bits per heavy atom. The molecule has 1 aromatic heterocycles. The molecule has 0 fully saturated rings. The summed E-state index contributed by atoms with van der Waals surface area (Å²) in [6.45, 7) is 0.689. The third-order valence-electron chi connectivity index (χ3n) is 4.20. The van der Waals surface area contributed by atoms with Crippen molar-refractivity contribution in [3.8, 4) is 0 Å². The summed E-state index contributed by atoms with van der Waals surface area (Å²) in [5, 5.41) is 14.1. The highest BCUT2D eigenvalue weighted by atomic mass is 19.4. The van der Waals surface area contributed by atoms with E-state index in [1.165, 1.54) is 6.07 Å². The highest BCUT2D eigenvalue weighted by molar-refractivity contribution is 5.27. The van der Waals surface area contributed by atoms with Gasteiger partial charge in [0.05, 0.1) is 18.2 Å². The van der Waals surface area contributed by atoms with Crippen LogP contribution in [0.3, 0.4) is 0 Å². The Morgan fingerprint density at radius 2 is 1.86 bits per heavy atom. The molecule has 1 heterocycles. The van der Waals surface area contributed by atoms with E-state index in [1.54, 1.807) is 6.07 Å². The smallest absolute Gasteiger partial charge is 0.387 e. The molecule has 5 nitrogen and oxygen atoms in total. The maximum Gasteiger partial charge on any atom is 0.416 e. The fourth-order valence-corrected chi connectivity index (χ4v) is 2.84. The number of halogens is 3. The van der Waals surface area contributed by atoms with Crippen molar-refractivity contribution < 1.29 is 22.8 Å². The number of aliphatic hydroxyl groups is 1. The van der Waals surface area contributed by atoms with Gasteiger partial charge >= 0.3 is 6.18 Å². The lowest BCUT2D eigenvalue weighted by molar-refractivity contribution is -0.137. The lowest BCUT2D eigenvalue weighted by Crippen LogP contribution is -2.24. The molecule has 28 heavy (non-hydrogen) atoms. The van der Waals surface area contributed by atoms with E-state index in [9.17, 15) is 18.3 Å². The van der Waals surface area contributed by atoms with Gasteiger partial charge in [-0.3, -0.25) is 4.90 Å². The number of likely N-dealkylation sites (N-methyl/N-ethyl adjacent to an activating group) is 1. The van der Waals surface area contributed by atoms with Crippen LogP contribution in [0.1, 0.15) is 34.5 Å². The van der Waals surface area contributed by atoms with Crippen LogP contribution in [0.15, 0.2) is 59.1 Å². The summed E-state index contributed by atoms with van der Waals surface area (Å²) in [6.07, 6.45) is -4.90. The van der Waals surface area contributed by atoms with Gasteiger partial charge in [-0.25, -0.2) is 0 Å². The Hall–Kier alpha value is -2.71. The van der Waals surface area contributed by atoms with Gasteiger partial charge in [0.15, 0.2) is 5.82 Å². The van der Waals surface area contributed by atoms with E-state index < -0.39 is 17.8 Å². The largest absolute Gasteiger partial charge is 0.416 e. The second-order valence-electron chi connectivity index (χ2n) is 6.60. The number of rotatable bonds is 7. The normalized spacial score (nSPS) is 13.1. The molecule has 148 valence electrons. The first kappa shape index (κ1) is 20.0. The third kappa shape index (κ3) is 5.40. The summed E-state index contributed by atoms with van der Waals surface area (Å²) in [4.78, 5) is 6.07. The zero-order valence-electron chi connectivity index (χ0n) is 15.2. The molecule has 0 spiro atoms. The Morgan fingerprint density at radius 1 is 1.11 bits per heavy atom. The van der Waals surface area contributed by atoms with Gasteiger partial charge in [0.1, 0.15) is 0 Å². The van der Waals surface area contributed by atoms with Gasteiger partial charge in [0, 0.05) is 13.0 Å². The quantitative estimate of drug-likeness (QED) is 0.663. The molecule has 8 heteroatoms. The van der Waals surface area contributed by atoms with E-state index in [-0.39, 0.29) is 6.42 Å². The number of benzene rings is 2. The van der Waals surface area contributed by atoms with Crippen LogP contribution in [0.2, 0.25) is 0 Å². The van der Waals surface area contributed by atoms with E-state index in [0.717, 1.165) is 17.7 Å². The Bertz CT molecular complexity index is 897. The van der Waals surface area contributed by atoms with E-state index in [4.69, 9.17) is 4.52 Å². The number of alkyl halides is 3. The van der Waals surface area contributed by atoms with Crippen molar-refractivity contribution in [2.75, 3.05) is 13.6 Å². The standard InChI is InChI=1S/C20H20F3N3O2/c1-26(12-17(27)15-7-3-2-4-8-15)13-19-24-18(25-28-19)11-14-6-5-9-16(10-14)20(21,22)23/h2-10,17,27H,11-13H2,1H3/t17-/m0/s1. The SMILES string of the molecule is CN(Cc1nc(Cc2cccc(C(F)(F)F)c2)no1)C[C@H](O)c1ccccc1. The minimum absolute atomic E-state index is 0.143. The number of aliphatic hydroxyl groups excluding tert-OH is 1. The molecule has 3 aromatic rings. The lowest BCUT2D eigenvalue weighted by atomic mass is 10.1. The highest BCUT2D eigenvalue weighted by Crippen LogP contribution is 2.29. The molecule has 0 amide bonds. The highest BCUT2D eigenvalue weighted by Gasteiger charge is 2.30.